The second kappa shape index (κ2) is 9.22. The summed E-state index contributed by atoms with van der Waals surface area (Å²) >= 11 is 0. The monoisotopic (exact) mass is 360 g/mol. The van der Waals surface area contributed by atoms with Crippen molar-refractivity contribution in [1.82, 2.24) is 4.90 Å². The zero-order chi connectivity index (χ0) is 19.1. The number of carbonyl (C=O) groups excluding carboxylic acids is 2. The molecule has 0 aromatic heterocycles. The number of amidine groups is 1. The summed E-state index contributed by atoms with van der Waals surface area (Å²) in [5, 5.41) is 7.44. The number of rotatable bonds is 7. The first kappa shape index (κ1) is 19.8. The number of benzene rings is 1. The van der Waals surface area contributed by atoms with Crippen molar-refractivity contribution in [2.24, 2.45) is 11.7 Å². The van der Waals surface area contributed by atoms with Gasteiger partial charge >= 0.3 is 5.97 Å². The van der Waals surface area contributed by atoms with Crippen LogP contribution < -0.4 is 10.6 Å². The molecule has 26 heavy (non-hydrogen) atoms. The third-order valence-electron chi connectivity index (χ3n) is 4.87. The van der Waals surface area contributed by atoms with E-state index in [1.807, 2.05) is 24.3 Å². The van der Waals surface area contributed by atoms with Gasteiger partial charge in [0.15, 0.2) is 0 Å². The Kier molecular flexibility index (Phi) is 7.00. The highest BCUT2D eigenvalue weighted by Crippen LogP contribution is 2.24. The summed E-state index contributed by atoms with van der Waals surface area (Å²) in [5.41, 5.74) is 7.29. The SMILES string of the molecule is COC(=O)CCCN(C)C(=O)C1CCN(c2ccc(C(=N)N)cc2)CC1. The lowest BCUT2D eigenvalue weighted by atomic mass is 9.95. The van der Waals surface area contributed by atoms with Gasteiger partial charge in [-0.2, -0.15) is 0 Å². The van der Waals surface area contributed by atoms with Crippen molar-refractivity contribution in [1.29, 1.82) is 5.41 Å². The van der Waals surface area contributed by atoms with E-state index >= 15 is 0 Å². The minimum atomic E-state index is -0.241. The first-order chi connectivity index (χ1) is 12.4. The normalized spacial score (nSPS) is 14.8. The van der Waals surface area contributed by atoms with E-state index in [9.17, 15) is 9.59 Å². The molecular weight excluding hydrogens is 332 g/mol. The second-order valence-electron chi connectivity index (χ2n) is 6.66. The highest BCUT2D eigenvalue weighted by Gasteiger charge is 2.27. The average Bonchev–Trinajstić information content (AvgIpc) is 2.67. The van der Waals surface area contributed by atoms with Crippen LogP contribution in [0, 0.1) is 11.3 Å². The second-order valence-corrected chi connectivity index (χ2v) is 6.66. The molecule has 0 saturated carbocycles. The molecule has 0 unspecified atom stereocenters. The smallest absolute Gasteiger partial charge is 0.305 e. The molecule has 1 heterocycles. The van der Waals surface area contributed by atoms with Crippen molar-refractivity contribution >= 4 is 23.4 Å². The van der Waals surface area contributed by atoms with Crippen molar-refractivity contribution in [3.05, 3.63) is 29.8 Å². The van der Waals surface area contributed by atoms with Crippen molar-refractivity contribution in [3.63, 3.8) is 0 Å². The van der Waals surface area contributed by atoms with Gasteiger partial charge < -0.3 is 20.3 Å². The number of nitrogens with zero attached hydrogens (tertiary/aromatic N) is 2. The van der Waals surface area contributed by atoms with E-state index in [4.69, 9.17) is 11.1 Å². The summed E-state index contributed by atoms with van der Waals surface area (Å²) in [6.07, 6.45) is 2.59. The number of methoxy groups -OCH3 is 1. The summed E-state index contributed by atoms with van der Waals surface area (Å²) in [7, 11) is 3.17. The van der Waals surface area contributed by atoms with Crippen molar-refractivity contribution in [2.75, 3.05) is 38.7 Å². The Bertz CT molecular complexity index is 637. The van der Waals surface area contributed by atoms with Gasteiger partial charge in [-0.3, -0.25) is 15.0 Å². The Labute approximate surface area is 154 Å². The lowest BCUT2D eigenvalue weighted by Crippen LogP contribution is -2.41. The van der Waals surface area contributed by atoms with E-state index in [1.165, 1.54) is 7.11 Å². The number of piperidine rings is 1. The topological polar surface area (TPSA) is 99.7 Å². The van der Waals surface area contributed by atoms with Gasteiger partial charge in [-0.1, -0.05) is 0 Å². The Morgan fingerprint density at radius 2 is 1.88 bits per heavy atom. The average molecular weight is 360 g/mol. The van der Waals surface area contributed by atoms with E-state index in [0.29, 0.717) is 24.9 Å². The molecule has 142 valence electrons. The molecule has 1 fully saturated rings. The highest BCUT2D eigenvalue weighted by atomic mass is 16.5. The van der Waals surface area contributed by atoms with E-state index in [-0.39, 0.29) is 23.6 Å². The van der Waals surface area contributed by atoms with Crippen molar-refractivity contribution in [3.8, 4) is 0 Å². The van der Waals surface area contributed by atoms with E-state index in [0.717, 1.165) is 31.6 Å². The van der Waals surface area contributed by atoms with Gasteiger partial charge in [0.1, 0.15) is 5.84 Å². The minimum absolute atomic E-state index is 0.0332. The molecule has 1 saturated heterocycles. The molecule has 7 heteroatoms. The molecular formula is C19H28N4O3. The largest absolute Gasteiger partial charge is 0.469 e. The maximum absolute atomic E-state index is 12.6. The molecule has 2 rings (SSSR count). The maximum Gasteiger partial charge on any atom is 0.305 e. The number of carbonyl (C=O) groups is 2. The van der Waals surface area contributed by atoms with Crippen molar-refractivity contribution < 1.29 is 14.3 Å². The van der Waals surface area contributed by atoms with Gasteiger partial charge in [0.25, 0.3) is 0 Å². The van der Waals surface area contributed by atoms with Gasteiger partial charge in [-0.25, -0.2) is 0 Å². The predicted octanol–water partition coefficient (Wildman–Crippen LogP) is 1.60. The lowest BCUT2D eigenvalue weighted by molar-refractivity contribution is -0.141. The van der Waals surface area contributed by atoms with Crippen LogP contribution in [0.1, 0.15) is 31.2 Å². The minimum Gasteiger partial charge on any atom is -0.469 e. The molecule has 1 amide bonds. The first-order valence-electron chi connectivity index (χ1n) is 8.93. The summed E-state index contributed by atoms with van der Waals surface area (Å²) in [6.45, 7) is 2.22. The van der Waals surface area contributed by atoms with Crippen LogP contribution in [0.2, 0.25) is 0 Å². The lowest BCUT2D eigenvalue weighted by Gasteiger charge is -2.34. The molecule has 3 N–H and O–H groups in total. The maximum atomic E-state index is 12.6. The van der Waals surface area contributed by atoms with E-state index in [1.54, 1.807) is 11.9 Å². The molecule has 1 aromatic rings. The number of nitrogen functional groups attached to an aromatic ring is 1. The van der Waals surface area contributed by atoms with E-state index in [2.05, 4.69) is 9.64 Å². The van der Waals surface area contributed by atoms with E-state index < -0.39 is 0 Å². The van der Waals surface area contributed by atoms with Crippen molar-refractivity contribution in [2.45, 2.75) is 25.7 Å². The molecule has 0 atom stereocenters. The number of amides is 1. The third-order valence-corrected chi connectivity index (χ3v) is 4.87. The number of nitrogens with two attached hydrogens (primary N) is 1. The Morgan fingerprint density at radius 1 is 1.27 bits per heavy atom. The predicted molar refractivity (Wildman–Crippen MR) is 101 cm³/mol. The fourth-order valence-electron chi connectivity index (χ4n) is 3.22. The van der Waals surface area contributed by atoms with Crippen LogP contribution >= 0.6 is 0 Å². The van der Waals surface area contributed by atoms with Crippen LogP contribution in [0.25, 0.3) is 0 Å². The molecule has 1 aliphatic rings. The van der Waals surface area contributed by atoms with Crippen LogP contribution in [0.15, 0.2) is 24.3 Å². The number of nitrogens with one attached hydrogen (secondary N) is 1. The number of esters is 1. The highest BCUT2D eigenvalue weighted by molar-refractivity contribution is 5.95. The molecule has 0 aliphatic carbocycles. The van der Waals surface area contributed by atoms with Gasteiger partial charge in [-0.15, -0.1) is 0 Å². The zero-order valence-electron chi connectivity index (χ0n) is 15.5. The van der Waals surface area contributed by atoms with Gasteiger partial charge in [0, 0.05) is 50.3 Å². The molecule has 0 bridgehead atoms. The molecule has 1 aliphatic heterocycles. The number of anilines is 1. The first-order valence-corrected chi connectivity index (χ1v) is 8.93. The van der Waals surface area contributed by atoms with Gasteiger partial charge in [0.2, 0.25) is 5.91 Å². The number of hydrogen-bond donors (Lipinski definition) is 2. The summed E-state index contributed by atoms with van der Waals surface area (Å²) in [6, 6.07) is 7.64. The molecule has 7 nitrogen and oxygen atoms in total. The van der Waals surface area contributed by atoms with Crippen LogP contribution in [0.3, 0.4) is 0 Å². The molecule has 0 spiro atoms. The fourth-order valence-corrected chi connectivity index (χ4v) is 3.22. The summed E-state index contributed by atoms with van der Waals surface area (Å²) in [5.74, 6) is 0.0124. The third kappa shape index (κ3) is 5.21. The fraction of sp³-hybridized carbons (Fsp3) is 0.526. The summed E-state index contributed by atoms with van der Waals surface area (Å²) < 4.78 is 4.62. The Hall–Kier alpha value is -2.57. The standard InChI is InChI=1S/C19H28N4O3/c1-22(11-3-4-17(24)26-2)19(25)15-9-12-23(13-10-15)16-7-5-14(6-8-16)18(20)21/h5-8,15H,3-4,9-13H2,1-2H3,(H3,20,21). The van der Waals surface area contributed by atoms with Gasteiger partial charge in [-0.05, 0) is 43.5 Å². The number of ether oxygens (including phenoxy) is 1. The number of hydrogen-bond acceptors (Lipinski definition) is 5. The zero-order valence-corrected chi connectivity index (χ0v) is 15.5. The molecule has 1 aromatic carbocycles. The Morgan fingerprint density at radius 3 is 2.42 bits per heavy atom. The van der Waals surface area contributed by atoms with Crippen LogP contribution in [0.4, 0.5) is 5.69 Å². The van der Waals surface area contributed by atoms with Crippen LogP contribution in [-0.2, 0) is 14.3 Å². The van der Waals surface area contributed by atoms with Crippen LogP contribution in [-0.4, -0.2) is 56.4 Å². The summed E-state index contributed by atoms with van der Waals surface area (Å²) in [4.78, 5) is 27.7. The van der Waals surface area contributed by atoms with Gasteiger partial charge in [0.05, 0.1) is 7.11 Å². The quantitative estimate of drug-likeness (QED) is 0.437. The molecule has 0 radical (unpaired) electrons. The Balaban J connectivity index is 1.80. The van der Waals surface area contributed by atoms with Crippen LogP contribution in [0.5, 0.6) is 0 Å².